The van der Waals surface area contributed by atoms with Gasteiger partial charge in [0.15, 0.2) is 0 Å². The lowest BCUT2D eigenvalue weighted by Gasteiger charge is -2.32. The quantitative estimate of drug-likeness (QED) is 0.864. The second-order valence-electron chi connectivity index (χ2n) is 5.48. The molecule has 1 aromatic rings. The number of amides is 1. The molecule has 3 nitrogen and oxygen atoms in total. The summed E-state index contributed by atoms with van der Waals surface area (Å²) >= 11 is 0. The lowest BCUT2D eigenvalue weighted by Crippen LogP contribution is -2.43. The van der Waals surface area contributed by atoms with Crippen molar-refractivity contribution in [1.82, 2.24) is 5.32 Å². The van der Waals surface area contributed by atoms with Crippen LogP contribution in [-0.2, 0) is 16.0 Å². The van der Waals surface area contributed by atoms with Crippen LogP contribution >= 0.6 is 0 Å². The maximum Gasteiger partial charge on any atom is 0.220 e. The van der Waals surface area contributed by atoms with Gasteiger partial charge in [-0.25, -0.2) is 0 Å². The molecule has 96 valence electrons. The Morgan fingerprint density at radius 2 is 2.17 bits per heavy atom. The molecule has 0 aromatic heterocycles. The summed E-state index contributed by atoms with van der Waals surface area (Å²) in [6, 6.07) is 10.6. The highest BCUT2D eigenvalue weighted by Gasteiger charge is 2.53. The van der Waals surface area contributed by atoms with Crippen LogP contribution in [0.3, 0.4) is 0 Å². The summed E-state index contributed by atoms with van der Waals surface area (Å²) in [5, 5.41) is 3.15. The largest absolute Gasteiger partial charge is 0.378 e. The van der Waals surface area contributed by atoms with Gasteiger partial charge in [0.25, 0.3) is 0 Å². The van der Waals surface area contributed by atoms with Crippen molar-refractivity contribution in [3.05, 3.63) is 35.9 Å². The van der Waals surface area contributed by atoms with Crippen molar-refractivity contribution >= 4 is 5.91 Å². The third-order valence-electron chi connectivity index (χ3n) is 4.55. The molecule has 3 heteroatoms. The van der Waals surface area contributed by atoms with Crippen LogP contribution in [0.5, 0.6) is 0 Å². The SMILES string of the molecule is CC1OCCC12CC(=O)NC2Cc1ccccc1. The van der Waals surface area contributed by atoms with Crippen molar-refractivity contribution < 1.29 is 9.53 Å². The Labute approximate surface area is 108 Å². The first-order valence-corrected chi connectivity index (χ1v) is 6.66. The van der Waals surface area contributed by atoms with Gasteiger partial charge in [-0.2, -0.15) is 0 Å². The molecule has 0 saturated carbocycles. The molecule has 0 bridgehead atoms. The zero-order chi connectivity index (χ0) is 12.6. The normalized spacial score (nSPS) is 35.1. The van der Waals surface area contributed by atoms with Gasteiger partial charge in [-0.15, -0.1) is 0 Å². The Balaban J connectivity index is 1.84. The second-order valence-corrected chi connectivity index (χ2v) is 5.48. The molecule has 2 aliphatic heterocycles. The first kappa shape index (κ1) is 11.7. The molecule has 1 N–H and O–H groups in total. The monoisotopic (exact) mass is 245 g/mol. The van der Waals surface area contributed by atoms with Crippen LogP contribution in [0.15, 0.2) is 30.3 Å². The van der Waals surface area contributed by atoms with Gasteiger partial charge in [0, 0.05) is 24.5 Å². The predicted octanol–water partition coefficient (Wildman–Crippen LogP) is 1.91. The third-order valence-corrected chi connectivity index (χ3v) is 4.55. The van der Waals surface area contributed by atoms with E-state index in [9.17, 15) is 4.79 Å². The minimum Gasteiger partial charge on any atom is -0.378 e. The summed E-state index contributed by atoms with van der Waals surface area (Å²) in [5.74, 6) is 0.174. The fraction of sp³-hybridized carbons (Fsp3) is 0.533. The van der Waals surface area contributed by atoms with Crippen molar-refractivity contribution in [3.8, 4) is 0 Å². The fourth-order valence-electron chi connectivity index (χ4n) is 3.40. The molecule has 3 rings (SSSR count). The van der Waals surface area contributed by atoms with Crippen molar-refractivity contribution in [3.63, 3.8) is 0 Å². The molecular formula is C15H19NO2. The summed E-state index contributed by atoms with van der Waals surface area (Å²) in [7, 11) is 0. The summed E-state index contributed by atoms with van der Waals surface area (Å²) in [6.07, 6.45) is 2.68. The van der Waals surface area contributed by atoms with Crippen LogP contribution in [0.2, 0.25) is 0 Å². The Morgan fingerprint density at radius 1 is 1.39 bits per heavy atom. The van der Waals surface area contributed by atoms with Crippen molar-refractivity contribution in [2.24, 2.45) is 5.41 Å². The number of nitrogens with one attached hydrogen (secondary N) is 1. The molecule has 2 saturated heterocycles. The van der Waals surface area contributed by atoms with E-state index in [1.165, 1.54) is 5.56 Å². The van der Waals surface area contributed by atoms with E-state index in [-0.39, 0.29) is 23.5 Å². The van der Waals surface area contributed by atoms with E-state index >= 15 is 0 Å². The smallest absolute Gasteiger partial charge is 0.220 e. The predicted molar refractivity (Wildman–Crippen MR) is 69.2 cm³/mol. The fourth-order valence-corrected chi connectivity index (χ4v) is 3.40. The first-order chi connectivity index (χ1) is 8.71. The Morgan fingerprint density at radius 3 is 2.83 bits per heavy atom. The standard InChI is InChI=1S/C15H19NO2/c1-11-15(7-8-18-11)10-14(17)16-13(15)9-12-5-3-2-4-6-12/h2-6,11,13H,7-10H2,1H3,(H,16,17). The zero-order valence-corrected chi connectivity index (χ0v) is 10.7. The minimum atomic E-state index is 0.00687. The highest BCUT2D eigenvalue weighted by molar-refractivity contribution is 5.80. The van der Waals surface area contributed by atoms with Gasteiger partial charge in [0.05, 0.1) is 6.10 Å². The molecule has 1 amide bonds. The number of ether oxygens (including phenoxy) is 1. The molecule has 1 aromatic carbocycles. The Hall–Kier alpha value is -1.35. The van der Waals surface area contributed by atoms with E-state index < -0.39 is 0 Å². The van der Waals surface area contributed by atoms with Crippen molar-refractivity contribution in [2.75, 3.05) is 6.61 Å². The van der Waals surface area contributed by atoms with Crippen molar-refractivity contribution in [2.45, 2.75) is 38.3 Å². The molecule has 3 atom stereocenters. The summed E-state index contributed by atoms with van der Waals surface area (Å²) in [5.41, 5.74) is 1.29. The minimum absolute atomic E-state index is 0.00687. The summed E-state index contributed by atoms with van der Waals surface area (Å²) in [4.78, 5) is 11.8. The number of carbonyl (C=O) groups is 1. The number of hydrogen-bond acceptors (Lipinski definition) is 2. The number of benzene rings is 1. The van der Waals surface area contributed by atoms with E-state index in [1.807, 2.05) is 18.2 Å². The van der Waals surface area contributed by atoms with E-state index in [0.717, 1.165) is 19.4 Å². The van der Waals surface area contributed by atoms with Crippen LogP contribution in [0.4, 0.5) is 0 Å². The molecule has 1 spiro atoms. The van der Waals surface area contributed by atoms with E-state index in [0.29, 0.717) is 6.42 Å². The van der Waals surface area contributed by atoms with Gasteiger partial charge in [-0.1, -0.05) is 30.3 Å². The van der Waals surface area contributed by atoms with Crippen LogP contribution < -0.4 is 5.32 Å². The second kappa shape index (κ2) is 4.39. The molecule has 0 radical (unpaired) electrons. The molecular weight excluding hydrogens is 226 g/mol. The van der Waals surface area contributed by atoms with Crippen LogP contribution in [0.25, 0.3) is 0 Å². The lowest BCUT2D eigenvalue weighted by atomic mass is 9.73. The maximum atomic E-state index is 11.8. The molecule has 3 unspecified atom stereocenters. The van der Waals surface area contributed by atoms with Crippen LogP contribution in [-0.4, -0.2) is 24.7 Å². The lowest BCUT2D eigenvalue weighted by molar-refractivity contribution is -0.120. The van der Waals surface area contributed by atoms with Gasteiger partial charge in [0.2, 0.25) is 5.91 Å². The molecule has 0 aliphatic carbocycles. The van der Waals surface area contributed by atoms with E-state index in [1.54, 1.807) is 0 Å². The van der Waals surface area contributed by atoms with Gasteiger partial charge >= 0.3 is 0 Å². The van der Waals surface area contributed by atoms with Gasteiger partial charge < -0.3 is 10.1 Å². The topological polar surface area (TPSA) is 38.3 Å². The average Bonchev–Trinajstić information content (AvgIpc) is 2.87. The zero-order valence-electron chi connectivity index (χ0n) is 10.7. The number of hydrogen-bond donors (Lipinski definition) is 1. The summed E-state index contributed by atoms with van der Waals surface area (Å²) < 4.78 is 5.71. The van der Waals surface area contributed by atoms with E-state index in [4.69, 9.17) is 4.74 Å². The first-order valence-electron chi connectivity index (χ1n) is 6.66. The molecule has 2 fully saturated rings. The maximum absolute atomic E-state index is 11.8. The number of rotatable bonds is 2. The van der Waals surface area contributed by atoms with Gasteiger partial charge in [0.1, 0.15) is 0 Å². The highest BCUT2D eigenvalue weighted by atomic mass is 16.5. The van der Waals surface area contributed by atoms with E-state index in [2.05, 4.69) is 24.4 Å². The Kier molecular flexibility index (Phi) is 2.86. The van der Waals surface area contributed by atoms with Gasteiger partial charge in [-0.05, 0) is 25.3 Å². The van der Waals surface area contributed by atoms with Crippen LogP contribution in [0, 0.1) is 5.41 Å². The number of carbonyl (C=O) groups excluding carboxylic acids is 1. The molecule has 18 heavy (non-hydrogen) atoms. The average molecular weight is 245 g/mol. The highest BCUT2D eigenvalue weighted by Crippen LogP contribution is 2.45. The Bertz CT molecular complexity index is 445. The van der Waals surface area contributed by atoms with Crippen molar-refractivity contribution in [1.29, 1.82) is 0 Å². The van der Waals surface area contributed by atoms with Crippen LogP contribution in [0.1, 0.15) is 25.3 Å². The third kappa shape index (κ3) is 1.83. The van der Waals surface area contributed by atoms with Gasteiger partial charge in [-0.3, -0.25) is 4.79 Å². The molecule has 2 aliphatic rings. The summed E-state index contributed by atoms with van der Waals surface area (Å²) in [6.45, 7) is 2.88. The molecule has 2 heterocycles.